The lowest BCUT2D eigenvalue weighted by atomic mass is 9.85. The molecule has 13 heteroatoms. The van der Waals surface area contributed by atoms with Gasteiger partial charge in [-0.3, -0.25) is 23.6 Å². The summed E-state index contributed by atoms with van der Waals surface area (Å²) in [7, 11) is -4.79. The summed E-state index contributed by atoms with van der Waals surface area (Å²) in [5, 5.41) is 5.86. The number of Topliss-reactive ketones (excluding diaryl/α,β-unsaturated/α-hetero) is 2. The highest BCUT2D eigenvalue weighted by Gasteiger charge is 2.54. The zero-order valence-electron chi connectivity index (χ0n) is 13.3. The van der Waals surface area contributed by atoms with Crippen molar-refractivity contribution in [2.75, 3.05) is 0 Å². The number of ketones is 2. The topological polar surface area (TPSA) is 152 Å². The third-order valence-electron chi connectivity index (χ3n) is 3.90. The number of rotatable bonds is 7. The summed E-state index contributed by atoms with van der Waals surface area (Å²) >= 11 is 1.21. The lowest BCUT2D eigenvalue weighted by molar-refractivity contribution is -0.149. The molecule has 0 spiro atoms. The molecule has 3 rings (SSSR count). The van der Waals surface area contributed by atoms with Crippen LogP contribution in [0.4, 0.5) is 0 Å². The maximum Gasteiger partial charge on any atom is 0.362 e. The molecule has 1 saturated heterocycles. The van der Waals surface area contributed by atoms with Crippen LogP contribution in [0.1, 0.15) is 21.9 Å². The van der Waals surface area contributed by atoms with Gasteiger partial charge >= 0.3 is 10.3 Å². The quantitative estimate of drug-likeness (QED) is 0.281. The maximum absolute atomic E-state index is 12.2. The number of hydrogen-bond donors (Lipinski definition) is 1. The van der Waals surface area contributed by atoms with Gasteiger partial charge in [0.15, 0.2) is 0 Å². The number of carbonyl (C=O) groups is 3. The molecule has 0 aliphatic carbocycles. The van der Waals surface area contributed by atoms with E-state index in [2.05, 4.69) is 15.1 Å². The predicted molar refractivity (Wildman–Crippen MR) is 86.5 cm³/mol. The van der Waals surface area contributed by atoms with Gasteiger partial charge in [-0.15, -0.1) is 11.3 Å². The van der Waals surface area contributed by atoms with E-state index < -0.39 is 46.2 Å². The Labute approximate surface area is 151 Å². The van der Waals surface area contributed by atoms with Crippen LogP contribution in [-0.2, 0) is 26.4 Å². The van der Waals surface area contributed by atoms with Crippen LogP contribution < -0.4 is 0 Å². The van der Waals surface area contributed by atoms with E-state index in [-0.39, 0.29) is 16.5 Å². The van der Waals surface area contributed by atoms with E-state index in [0.717, 1.165) is 0 Å². The predicted octanol–water partition coefficient (Wildman–Crippen LogP) is -0.485. The van der Waals surface area contributed by atoms with Gasteiger partial charge < -0.3 is 0 Å². The van der Waals surface area contributed by atoms with Gasteiger partial charge in [0.2, 0.25) is 17.5 Å². The van der Waals surface area contributed by atoms with Crippen molar-refractivity contribution in [3.05, 3.63) is 28.7 Å². The second kappa shape index (κ2) is 6.66. The fourth-order valence-corrected chi connectivity index (χ4v) is 4.22. The van der Waals surface area contributed by atoms with Crippen molar-refractivity contribution in [3.63, 3.8) is 0 Å². The van der Waals surface area contributed by atoms with E-state index in [4.69, 9.17) is 0 Å². The first-order valence-electron chi connectivity index (χ1n) is 7.31. The third kappa shape index (κ3) is 3.40. The van der Waals surface area contributed by atoms with Crippen LogP contribution in [-0.4, -0.2) is 60.5 Å². The van der Waals surface area contributed by atoms with Gasteiger partial charge in [0, 0.05) is 11.8 Å². The summed E-state index contributed by atoms with van der Waals surface area (Å²) < 4.78 is 33.6. The number of thiazole rings is 1. The van der Waals surface area contributed by atoms with Gasteiger partial charge in [0.25, 0.3) is 0 Å². The van der Waals surface area contributed by atoms with Crippen molar-refractivity contribution in [2.24, 2.45) is 5.92 Å². The van der Waals surface area contributed by atoms with Crippen LogP contribution in [0.25, 0.3) is 0 Å². The number of carbonyl (C=O) groups excluding carboxylic acids is 3. The normalized spacial score (nSPS) is 20.1. The molecule has 2 aromatic rings. The molecule has 11 nitrogen and oxygen atoms in total. The molecule has 0 radical (unpaired) electrons. The number of aromatic nitrogens is 4. The van der Waals surface area contributed by atoms with Gasteiger partial charge in [0.1, 0.15) is 18.3 Å². The number of amides is 1. The summed E-state index contributed by atoms with van der Waals surface area (Å²) in [6.45, 7) is 1.58. The molecule has 1 fully saturated rings. The van der Waals surface area contributed by atoms with Gasteiger partial charge in [0.05, 0.1) is 23.5 Å². The first-order valence-corrected chi connectivity index (χ1v) is 9.59. The molecule has 2 aromatic heterocycles. The highest BCUT2D eigenvalue weighted by molar-refractivity contribution is 7.84. The molecule has 138 valence electrons. The molecule has 1 amide bonds. The van der Waals surface area contributed by atoms with E-state index in [9.17, 15) is 27.4 Å². The minimum Gasteiger partial charge on any atom is -0.290 e. The Morgan fingerprint density at radius 2 is 2.12 bits per heavy atom. The van der Waals surface area contributed by atoms with Crippen molar-refractivity contribution in [2.45, 2.75) is 25.9 Å². The van der Waals surface area contributed by atoms with Crippen molar-refractivity contribution in [1.29, 1.82) is 0 Å². The van der Waals surface area contributed by atoms with Crippen molar-refractivity contribution in [3.8, 4) is 0 Å². The second-order valence-corrected chi connectivity index (χ2v) is 7.96. The monoisotopic (exact) mass is 399 g/mol. The zero-order valence-corrected chi connectivity index (χ0v) is 15.0. The standard InChI is InChI=1S/C13H13N5O6S2/c1-7-16-9(4-25-7)12(20)11(19)2-8-10(3-17-6-14-5-15-17)18(13(8)21)26(22,23)24/h4-6,8,10H,2-3H2,1H3,(H,22,23,24)/t8-,10+/m0/s1. The average molecular weight is 399 g/mol. The summed E-state index contributed by atoms with van der Waals surface area (Å²) in [4.78, 5) is 44.1. The minimum atomic E-state index is -4.79. The van der Waals surface area contributed by atoms with Crippen LogP contribution in [0.15, 0.2) is 18.0 Å². The Hall–Kier alpha value is -2.51. The second-order valence-electron chi connectivity index (χ2n) is 5.61. The molecular formula is C13H13N5O6S2. The minimum absolute atomic E-state index is 0.0104. The van der Waals surface area contributed by atoms with Gasteiger partial charge in [-0.25, -0.2) is 14.3 Å². The molecule has 2 atom stereocenters. The SMILES string of the molecule is Cc1nc(C(=O)C(=O)C[C@@H]2C(=O)N(S(=O)(=O)O)[C@@H]2Cn2cncn2)cs1. The molecule has 0 aromatic carbocycles. The van der Waals surface area contributed by atoms with Crippen LogP contribution in [0.2, 0.25) is 0 Å². The van der Waals surface area contributed by atoms with Crippen molar-refractivity contribution >= 4 is 39.1 Å². The molecule has 0 saturated carbocycles. The van der Waals surface area contributed by atoms with E-state index >= 15 is 0 Å². The molecular weight excluding hydrogens is 386 g/mol. The number of aryl methyl sites for hydroxylation is 1. The fraction of sp³-hybridized carbons (Fsp3) is 0.385. The molecule has 26 heavy (non-hydrogen) atoms. The van der Waals surface area contributed by atoms with Crippen LogP contribution >= 0.6 is 11.3 Å². The Morgan fingerprint density at radius 3 is 2.65 bits per heavy atom. The molecule has 0 bridgehead atoms. The van der Waals surface area contributed by atoms with Crippen LogP contribution in [0.3, 0.4) is 0 Å². The van der Waals surface area contributed by atoms with E-state index in [1.807, 2.05) is 0 Å². The Bertz CT molecular complexity index is 967. The van der Waals surface area contributed by atoms with Gasteiger partial charge in [-0.2, -0.15) is 13.5 Å². The average Bonchev–Trinajstić information content (AvgIpc) is 3.21. The fourth-order valence-electron chi connectivity index (χ4n) is 2.70. The summed E-state index contributed by atoms with van der Waals surface area (Å²) in [6.07, 6.45) is 2.03. The Kier molecular flexibility index (Phi) is 4.68. The van der Waals surface area contributed by atoms with E-state index in [1.165, 1.54) is 34.1 Å². The summed E-state index contributed by atoms with van der Waals surface area (Å²) in [6, 6.07) is -1.05. The first kappa shape index (κ1) is 18.3. The highest BCUT2D eigenvalue weighted by Crippen LogP contribution is 2.33. The Morgan fingerprint density at radius 1 is 1.38 bits per heavy atom. The summed E-state index contributed by atoms with van der Waals surface area (Å²) in [5.74, 6) is -3.72. The van der Waals surface area contributed by atoms with Crippen molar-refractivity contribution in [1.82, 2.24) is 24.1 Å². The van der Waals surface area contributed by atoms with Gasteiger partial charge in [-0.1, -0.05) is 0 Å². The first-order chi connectivity index (χ1) is 12.2. The third-order valence-corrected chi connectivity index (χ3v) is 5.62. The molecule has 1 aliphatic rings. The van der Waals surface area contributed by atoms with E-state index in [0.29, 0.717) is 5.01 Å². The summed E-state index contributed by atoms with van der Waals surface area (Å²) in [5.41, 5.74) is -0.0104. The molecule has 1 aliphatic heterocycles. The Balaban J connectivity index is 1.77. The lowest BCUT2D eigenvalue weighted by Crippen LogP contribution is -2.64. The van der Waals surface area contributed by atoms with Crippen LogP contribution in [0, 0.1) is 12.8 Å². The number of hydrogen-bond acceptors (Lipinski definition) is 9. The largest absolute Gasteiger partial charge is 0.362 e. The highest BCUT2D eigenvalue weighted by atomic mass is 32.2. The van der Waals surface area contributed by atoms with E-state index in [1.54, 1.807) is 6.92 Å². The number of β-lactam (4-membered cyclic amide) rings is 1. The van der Waals surface area contributed by atoms with Crippen molar-refractivity contribution < 1.29 is 27.4 Å². The zero-order chi connectivity index (χ0) is 19.1. The van der Waals surface area contributed by atoms with Gasteiger partial charge in [-0.05, 0) is 6.92 Å². The molecule has 1 N–H and O–H groups in total. The van der Waals surface area contributed by atoms with Crippen LogP contribution in [0.5, 0.6) is 0 Å². The molecule has 0 unspecified atom stereocenters. The number of nitrogens with zero attached hydrogens (tertiary/aromatic N) is 5. The smallest absolute Gasteiger partial charge is 0.290 e. The lowest BCUT2D eigenvalue weighted by Gasteiger charge is -2.43. The maximum atomic E-state index is 12.2. The molecule has 3 heterocycles.